The number of thioether (sulfide) groups is 1. The molecule has 0 heterocycles. The molecule has 4 aromatic carbocycles. The maximum Gasteiger partial charge on any atom is 0.331 e. The van der Waals surface area contributed by atoms with Crippen LogP contribution in [0.5, 0.6) is 0 Å². The number of benzene rings is 4. The fraction of sp³-hybridized carbons (Fsp3) is 0.179. The van der Waals surface area contributed by atoms with Crippen molar-refractivity contribution in [1.82, 2.24) is 0 Å². The van der Waals surface area contributed by atoms with Crippen molar-refractivity contribution in [2.75, 3.05) is 10.7 Å². The number of hydrogen-bond acceptors (Lipinski definition) is 7. The molecule has 0 fully saturated rings. The molecule has 0 saturated heterocycles. The van der Waals surface area contributed by atoms with Crippen LogP contribution < -0.4 is 4.90 Å². The fourth-order valence-electron chi connectivity index (χ4n) is 5.27. The summed E-state index contributed by atoms with van der Waals surface area (Å²) in [6.07, 6.45) is 7.24. The Kier molecular flexibility index (Phi) is 10.9. The zero-order valence-corrected chi connectivity index (χ0v) is 28.1. The second-order valence-corrected chi connectivity index (χ2v) is 13.2. The van der Waals surface area contributed by atoms with Gasteiger partial charge in [0.15, 0.2) is 5.78 Å². The Balaban J connectivity index is 1.37. The highest BCUT2D eigenvalue weighted by Gasteiger charge is 2.28. The molecule has 238 valence electrons. The van der Waals surface area contributed by atoms with Crippen LogP contribution in [-0.2, 0) is 9.63 Å². The number of hydrogen-bond donors (Lipinski definition) is 0. The minimum absolute atomic E-state index is 0.0258. The Labute approximate surface area is 284 Å². The number of allylic oxidation sites excluding steroid dienone is 4. The molecular weight excluding hydrogens is 628 g/mol. The standard InChI is InChI=1S/C39H35ClN2O4S/c1-27(43)46-41-36(24-26-47-34-22-16-30(40)17-23-34)38(45)29-14-20-33(21-15-29)42(31-9-5-4-6-10-31)32-18-12-28(13-19-32)37(44)35-11-7-8-25-39(35,2)3/h4-6,8-23,25H,7,24,26H2,1-3H3. The molecule has 0 radical (unpaired) electrons. The Morgan fingerprint density at radius 2 is 1.43 bits per heavy atom. The lowest BCUT2D eigenvalue weighted by atomic mass is 9.77. The third kappa shape index (κ3) is 8.56. The van der Waals surface area contributed by atoms with Gasteiger partial charge in [-0.2, -0.15) is 0 Å². The minimum atomic E-state index is -0.599. The van der Waals surface area contributed by atoms with E-state index in [2.05, 4.69) is 36.1 Å². The highest BCUT2D eigenvalue weighted by Crippen LogP contribution is 2.37. The molecule has 4 aromatic rings. The van der Waals surface area contributed by atoms with Gasteiger partial charge in [-0.25, -0.2) is 4.79 Å². The molecule has 0 spiro atoms. The van der Waals surface area contributed by atoms with Crippen molar-refractivity contribution in [1.29, 1.82) is 0 Å². The van der Waals surface area contributed by atoms with Crippen LogP contribution in [0, 0.1) is 5.41 Å². The van der Waals surface area contributed by atoms with Gasteiger partial charge in [-0.3, -0.25) is 9.59 Å². The molecule has 0 unspecified atom stereocenters. The first-order valence-electron chi connectivity index (χ1n) is 15.3. The molecule has 0 aromatic heterocycles. The minimum Gasteiger partial charge on any atom is -0.318 e. The summed E-state index contributed by atoms with van der Waals surface area (Å²) in [4.78, 5) is 46.4. The summed E-state index contributed by atoms with van der Waals surface area (Å²) in [5.41, 5.74) is 4.29. The molecule has 0 bridgehead atoms. The lowest BCUT2D eigenvalue weighted by molar-refractivity contribution is -0.140. The molecule has 47 heavy (non-hydrogen) atoms. The molecule has 0 N–H and O–H groups in total. The van der Waals surface area contributed by atoms with E-state index in [9.17, 15) is 14.4 Å². The number of oxime groups is 1. The maximum atomic E-state index is 13.5. The van der Waals surface area contributed by atoms with Crippen molar-refractivity contribution in [3.05, 3.63) is 143 Å². The average molecular weight is 663 g/mol. The molecule has 6 nitrogen and oxygen atoms in total. The zero-order valence-electron chi connectivity index (χ0n) is 26.5. The van der Waals surface area contributed by atoms with Gasteiger partial charge >= 0.3 is 5.97 Å². The summed E-state index contributed by atoms with van der Waals surface area (Å²) in [5, 5.41) is 4.55. The predicted molar refractivity (Wildman–Crippen MR) is 191 cm³/mol. The first-order valence-corrected chi connectivity index (χ1v) is 16.6. The first kappa shape index (κ1) is 33.6. The van der Waals surface area contributed by atoms with E-state index in [-0.39, 0.29) is 22.7 Å². The lowest BCUT2D eigenvalue weighted by Gasteiger charge is -2.27. The predicted octanol–water partition coefficient (Wildman–Crippen LogP) is 10.2. The summed E-state index contributed by atoms with van der Waals surface area (Å²) in [7, 11) is 0. The Morgan fingerprint density at radius 1 is 0.830 bits per heavy atom. The average Bonchev–Trinajstić information content (AvgIpc) is 3.07. The molecule has 8 heteroatoms. The van der Waals surface area contributed by atoms with Gasteiger partial charge < -0.3 is 9.74 Å². The Morgan fingerprint density at radius 3 is 2.02 bits per heavy atom. The van der Waals surface area contributed by atoms with Crippen LogP contribution in [0.4, 0.5) is 17.1 Å². The number of anilines is 3. The van der Waals surface area contributed by atoms with E-state index in [0.717, 1.165) is 34.0 Å². The van der Waals surface area contributed by atoms with E-state index >= 15 is 0 Å². The molecule has 1 aliphatic carbocycles. The lowest BCUT2D eigenvalue weighted by Crippen LogP contribution is -2.21. The van der Waals surface area contributed by atoms with E-state index in [0.29, 0.717) is 28.3 Å². The Hall–Kier alpha value is -4.72. The van der Waals surface area contributed by atoms with Gasteiger partial charge in [0.1, 0.15) is 5.71 Å². The smallest absolute Gasteiger partial charge is 0.318 e. The van der Waals surface area contributed by atoms with Gasteiger partial charge in [0, 0.05) is 68.2 Å². The van der Waals surface area contributed by atoms with E-state index < -0.39 is 5.97 Å². The third-order valence-corrected chi connectivity index (χ3v) is 8.95. The third-order valence-electron chi connectivity index (χ3n) is 7.69. The SMILES string of the molecule is CC(=O)ON=C(CCSc1ccc(Cl)cc1)C(=O)c1ccc(N(c2ccccc2)c2ccc(C(=O)C3=CCC=CC3(C)C)cc2)cc1. The second kappa shape index (κ2) is 15.2. The summed E-state index contributed by atoms with van der Waals surface area (Å²) in [6, 6.07) is 32.1. The topological polar surface area (TPSA) is 76.0 Å². The van der Waals surface area contributed by atoms with Crippen LogP contribution in [-0.4, -0.2) is 29.0 Å². The van der Waals surface area contributed by atoms with Crippen LogP contribution in [0.3, 0.4) is 0 Å². The van der Waals surface area contributed by atoms with Crippen molar-refractivity contribution in [2.24, 2.45) is 10.6 Å². The molecular formula is C39H35ClN2O4S. The number of carbonyl (C=O) groups excluding carboxylic acids is 3. The van der Waals surface area contributed by atoms with Crippen LogP contribution in [0.25, 0.3) is 0 Å². The molecule has 5 rings (SSSR count). The summed E-state index contributed by atoms with van der Waals surface area (Å²) < 4.78 is 0. The number of ketones is 2. The number of para-hydroxylation sites is 1. The van der Waals surface area contributed by atoms with Crippen molar-refractivity contribution in [3.8, 4) is 0 Å². The van der Waals surface area contributed by atoms with Gasteiger partial charge in [0.25, 0.3) is 0 Å². The van der Waals surface area contributed by atoms with Gasteiger partial charge in [-0.15, -0.1) is 11.8 Å². The van der Waals surface area contributed by atoms with Crippen molar-refractivity contribution < 1.29 is 19.2 Å². The second-order valence-electron chi connectivity index (χ2n) is 11.6. The maximum absolute atomic E-state index is 13.5. The highest BCUT2D eigenvalue weighted by molar-refractivity contribution is 7.99. The molecule has 0 amide bonds. The fourth-order valence-corrected chi connectivity index (χ4v) is 6.26. The van der Waals surface area contributed by atoms with Crippen LogP contribution in [0.15, 0.2) is 137 Å². The van der Waals surface area contributed by atoms with Gasteiger partial charge in [-0.05, 0) is 91.3 Å². The molecule has 0 atom stereocenters. The van der Waals surface area contributed by atoms with Crippen LogP contribution in [0.2, 0.25) is 5.02 Å². The van der Waals surface area contributed by atoms with Crippen LogP contribution >= 0.6 is 23.4 Å². The van der Waals surface area contributed by atoms with E-state index in [1.165, 1.54) is 6.92 Å². The first-order chi connectivity index (χ1) is 22.6. The van der Waals surface area contributed by atoms with Crippen molar-refractivity contribution >= 4 is 63.7 Å². The summed E-state index contributed by atoms with van der Waals surface area (Å²) in [6.45, 7) is 5.35. The van der Waals surface area contributed by atoms with E-state index in [1.807, 2.05) is 97.1 Å². The monoisotopic (exact) mass is 662 g/mol. The number of nitrogens with zero attached hydrogens (tertiary/aromatic N) is 2. The van der Waals surface area contributed by atoms with Crippen molar-refractivity contribution in [2.45, 2.75) is 38.5 Å². The van der Waals surface area contributed by atoms with Gasteiger partial charge in [0.05, 0.1) is 0 Å². The molecule has 1 aliphatic rings. The number of Topliss-reactive ketones (excluding diaryl/α,β-unsaturated/α-hetero) is 2. The Bertz CT molecular complexity index is 1830. The molecule has 0 aliphatic heterocycles. The van der Waals surface area contributed by atoms with E-state index in [4.69, 9.17) is 16.4 Å². The number of rotatable bonds is 12. The number of halogens is 1. The van der Waals surface area contributed by atoms with E-state index in [1.54, 1.807) is 23.9 Å². The summed E-state index contributed by atoms with van der Waals surface area (Å²) in [5.74, 6) is -0.341. The highest BCUT2D eigenvalue weighted by atomic mass is 35.5. The molecule has 0 saturated carbocycles. The van der Waals surface area contributed by atoms with Crippen LogP contribution in [0.1, 0.15) is 54.3 Å². The quantitative estimate of drug-likeness (QED) is 0.0375. The normalized spacial score (nSPS) is 13.9. The largest absolute Gasteiger partial charge is 0.331 e. The zero-order chi connectivity index (χ0) is 33.4. The summed E-state index contributed by atoms with van der Waals surface area (Å²) >= 11 is 7.54. The van der Waals surface area contributed by atoms with Gasteiger partial charge in [-0.1, -0.05) is 67.0 Å². The van der Waals surface area contributed by atoms with Gasteiger partial charge in [0.2, 0.25) is 5.78 Å². The number of carbonyl (C=O) groups is 3. The van der Waals surface area contributed by atoms with Crippen molar-refractivity contribution in [3.63, 3.8) is 0 Å².